The zero-order valence-corrected chi connectivity index (χ0v) is 9.96. The fraction of sp³-hybridized carbons (Fsp3) is 0. The molecule has 5 heteroatoms. The van der Waals surface area contributed by atoms with E-state index in [1.807, 2.05) is 24.3 Å². The molecule has 2 nitrogen and oxygen atoms in total. The molecule has 2 N–H and O–H groups in total. The molecule has 0 spiro atoms. The monoisotopic (exact) mass is 284 g/mol. The molecule has 76 valence electrons. The van der Waals surface area contributed by atoms with Crippen LogP contribution in [-0.2, 0) is 0 Å². The molecule has 0 saturated carbocycles. The highest BCUT2D eigenvalue weighted by atomic mass is 79.9. The van der Waals surface area contributed by atoms with Gasteiger partial charge in [-0.1, -0.05) is 51.8 Å². The Kier molecular flexibility index (Phi) is 3.02. The Hall–Kier alpha value is -0.545. The van der Waals surface area contributed by atoms with E-state index < -0.39 is 7.12 Å². The molecule has 0 fully saturated rings. The summed E-state index contributed by atoms with van der Waals surface area (Å²) in [7, 11) is -1.57. The Bertz CT molecular complexity index is 516. The van der Waals surface area contributed by atoms with E-state index in [0.29, 0.717) is 15.0 Å². The topological polar surface area (TPSA) is 40.5 Å². The molecule has 0 radical (unpaired) electrons. The minimum absolute atomic E-state index is 0.301. The normalized spacial score (nSPS) is 10.7. The maximum absolute atomic E-state index is 9.19. The molecule has 0 saturated heterocycles. The van der Waals surface area contributed by atoms with E-state index in [1.54, 1.807) is 6.07 Å². The molecule has 0 heterocycles. The first kappa shape index (κ1) is 11.0. The van der Waals surface area contributed by atoms with E-state index in [9.17, 15) is 10.0 Å². The lowest BCUT2D eigenvalue weighted by Crippen LogP contribution is -2.32. The Morgan fingerprint density at radius 2 is 1.87 bits per heavy atom. The van der Waals surface area contributed by atoms with Gasteiger partial charge in [0, 0.05) is 15.0 Å². The number of halogens is 2. The van der Waals surface area contributed by atoms with E-state index >= 15 is 0 Å². The van der Waals surface area contributed by atoms with Gasteiger partial charge in [0.05, 0.1) is 0 Å². The van der Waals surface area contributed by atoms with E-state index in [-0.39, 0.29) is 0 Å². The largest absolute Gasteiger partial charge is 0.491 e. The molecule has 0 aromatic heterocycles. The average Bonchev–Trinajstić information content (AvgIpc) is 2.17. The van der Waals surface area contributed by atoms with Gasteiger partial charge >= 0.3 is 7.12 Å². The van der Waals surface area contributed by atoms with Crippen molar-refractivity contribution >= 4 is 50.9 Å². The summed E-state index contributed by atoms with van der Waals surface area (Å²) in [5.74, 6) is 0. The quantitative estimate of drug-likeness (QED) is 0.786. The molecule has 2 aromatic rings. The van der Waals surface area contributed by atoms with Crippen LogP contribution in [0.4, 0.5) is 0 Å². The van der Waals surface area contributed by atoms with Gasteiger partial charge in [-0.05, 0) is 16.8 Å². The third kappa shape index (κ3) is 1.90. The first-order valence-corrected chi connectivity index (χ1v) is 5.51. The van der Waals surface area contributed by atoms with E-state index in [2.05, 4.69) is 15.9 Å². The van der Waals surface area contributed by atoms with Gasteiger partial charge < -0.3 is 10.0 Å². The van der Waals surface area contributed by atoms with Crippen LogP contribution in [-0.4, -0.2) is 17.2 Å². The van der Waals surface area contributed by atoms with E-state index in [4.69, 9.17) is 11.6 Å². The molecule has 0 amide bonds. The van der Waals surface area contributed by atoms with Crippen molar-refractivity contribution in [1.82, 2.24) is 0 Å². The predicted octanol–water partition coefficient (Wildman–Crippen LogP) is 1.94. The highest BCUT2D eigenvalue weighted by Crippen LogP contribution is 2.26. The summed E-state index contributed by atoms with van der Waals surface area (Å²) >= 11 is 9.28. The van der Waals surface area contributed by atoms with Gasteiger partial charge in [0.25, 0.3) is 0 Å². The number of hydrogen-bond donors (Lipinski definition) is 2. The van der Waals surface area contributed by atoms with Crippen LogP contribution in [0.2, 0.25) is 5.02 Å². The van der Waals surface area contributed by atoms with Gasteiger partial charge in [-0.25, -0.2) is 0 Å². The van der Waals surface area contributed by atoms with Crippen LogP contribution in [0.5, 0.6) is 0 Å². The van der Waals surface area contributed by atoms with Gasteiger partial charge in [0.15, 0.2) is 0 Å². The lowest BCUT2D eigenvalue weighted by atomic mass is 9.79. The van der Waals surface area contributed by atoms with Crippen LogP contribution in [0, 0.1) is 0 Å². The summed E-state index contributed by atoms with van der Waals surface area (Å²) in [4.78, 5) is 0. The Morgan fingerprint density at radius 1 is 1.20 bits per heavy atom. The minimum atomic E-state index is -1.57. The molecular formula is C10H7BBrClO2. The van der Waals surface area contributed by atoms with Gasteiger partial charge in [-0.3, -0.25) is 0 Å². The molecule has 0 unspecified atom stereocenters. The number of fused-ring (bicyclic) bond motifs is 1. The van der Waals surface area contributed by atoms with Crippen LogP contribution >= 0.6 is 27.5 Å². The number of hydrogen-bond acceptors (Lipinski definition) is 2. The first-order valence-electron chi connectivity index (χ1n) is 4.34. The SMILES string of the molecule is OB(O)c1c(Cl)cc2ccccc2c1Br. The summed E-state index contributed by atoms with van der Waals surface area (Å²) in [6.07, 6.45) is 0. The highest BCUT2D eigenvalue weighted by molar-refractivity contribution is 9.10. The molecule has 0 bridgehead atoms. The van der Waals surface area contributed by atoms with Gasteiger partial charge in [-0.2, -0.15) is 0 Å². The second-order valence-corrected chi connectivity index (χ2v) is 4.38. The summed E-state index contributed by atoms with van der Waals surface area (Å²) in [6, 6.07) is 9.31. The third-order valence-electron chi connectivity index (χ3n) is 2.23. The summed E-state index contributed by atoms with van der Waals surface area (Å²) in [5.41, 5.74) is 0.301. The molecule has 0 atom stereocenters. The van der Waals surface area contributed by atoms with Crippen molar-refractivity contribution in [2.45, 2.75) is 0 Å². The predicted molar refractivity (Wildman–Crippen MR) is 66.5 cm³/mol. The lowest BCUT2D eigenvalue weighted by Gasteiger charge is -2.09. The van der Waals surface area contributed by atoms with Crippen molar-refractivity contribution in [3.8, 4) is 0 Å². The van der Waals surface area contributed by atoms with Crippen molar-refractivity contribution in [2.75, 3.05) is 0 Å². The van der Waals surface area contributed by atoms with Crippen molar-refractivity contribution in [3.63, 3.8) is 0 Å². The number of rotatable bonds is 1. The molecular weight excluding hydrogens is 278 g/mol. The molecule has 0 aliphatic heterocycles. The van der Waals surface area contributed by atoms with Crippen LogP contribution in [0.15, 0.2) is 34.8 Å². The standard InChI is InChI=1S/C10H7BBrClO2/c12-10-7-4-2-1-3-6(7)5-8(13)9(10)11(14)15/h1-5,14-15H. The lowest BCUT2D eigenvalue weighted by molar-refractivity contribution is 0.425. The number of benzene rings is 2. The molecule has 0 aliphatic carbocycles. The van der Waals surface area contributed by atoms with Crippen molar-refractivity contribution < 1.29 is 10.0 Å². The van der Waals surface area contributed by atoms with Crippen molar-refractivity contribution in [1.29, 1.82) is 0 Å². The zero-order chi connectivity index (χ0) is 11.0. The van der Waals surface area contributed by atoms with Gasteiger partial charge in [-0.15, -0.1) is 0 Å². The molecule has 15 heavy (non-hydrogen) atoms. The van der Waals surface area contributed by atoms with Gasteiger partial charge in [0.1, 0.15) is 0 Å². The first-order chi connectivity index (χ1) is 7.11. The summed E-state index contributed by atoms with van der Waals surface area (Å²) < 4.78 is 0.626. The third-order valence-corrected chi connectivity index (χ3v) is 3.40. The maximum Gasteiger partial charge on any atom is 0.491 e. The second kappa shape index (κ2) is 4.14. The fourth-order valence-corrected chi connectivity index (χ4v) is 2.73. The Labute approximate surface area is 101 Å². The Balaban J connectivity index is 2.84. The van der Waals surface area contributed by atoms with Crippen LogP contribution in [0.3, 0.4) is 0 Å². The summed E-state index contributed by atoms with van der Waals surface area (Å²) in [6.45, 7) is 0. The van der Waals surface area contributed by atoms with Crippen molar-refractivity contribution in [3.05, 3.63) is 39.8 Å². The minimum Gasteiger partial charge on any atom is -0.423 e. The van der Waals surface area contributed by atoms with Gasteiger partial charge in [0.2, 0.25) is 0 Å². The maximum atomic E-state index is 9.19. The second-order valence-electron chi connectivity index (χ2n) is 3.18. The Morgan fingerprint density at radius 3 is 2.53 bits per heavy atom. The van der Waals surface area contributed by atoms with E-state index in [0.717, 1.165) is 10.8 Å². The smallest absolute Gasteiger partial charge is 0.423 e. The zero-order valence-electron chi connectivity index (χ0n) is 7.61. The van der Waals surface area contributed by atoms with Crippen LogP contribution < -0.4 is 5.46 Å². The molecule has 2 rings (SSSR count). The van der Waals surface area contributed by atoms with Crippen molar-refractivity contribution in [2.24, 2.45) is 0 Å². The molecule has 0 aliphatic rings. The van der Waals surface area contributed by atoms with Crippen LogP contribution in [0.1, 0.15) is 0 Å². The highest BCUT2D eigenvalue weighted by Gasteiger charge is 2.20. The average molecular weight is 285 g/mol. The fourth-order valence-electron chi connectivity index (χ4n) is 1.52. The van der Waals surface area contributed by atoms with E-state index in [1.165, 1.54) is 0 Å². The van der Waals surface area contributed by atoms with Crippen LogP contribution in [0.25, 0.3) is 10.8 Å². The molecule has 2 aromatic carbocycles. The summed E-state index contributed by atoms with van der Waals surface area (Å²) in [5, 5.41) is 20.6.